The molecule has 1 aliphatic rings. The highest BCUT2D eigenvalue weighted by Crippen LogP contribution is 2.03. The summed E-state index contributed by atoms with van der Waals surface area (Å²) in [4.78, 5) is 39.4. The first kappa shape index (κ1) is 19.5. The van der Waals surface area contributed by atoms with Crippen molar-refractivity contribution in [3.8, 4) is 0 Å². The van der Waals surface area contributed by atoms with Gasteiger partial charge in [-0.1, -0.05) is 13.8 Å². The Morgan fingerprint density at radius 3 is 1.30 bits per heavy atom. The number of nitrogens with zero attached hydrogens (tertiary/aromatic N) is 3. The Morgan fingerprint density at radius 1 is 0.739 bits per heavy atom. The molecule has 0 amide bonds. The topological polar surface area (TPSA) is 101 Å². The van der Waals surface area contributed by atoms with E-state index >= 15 is 0 Å². The van der Waals surface area contributed by atoms with Gasteiger partial charge in [-0.05, 0) is 0 Å². The van der Waals surface area contributed by atoms with Crippen molar-refractivity contribution in [3.05, 3.63) is 0 Å². The molecule has 1 saturated heterocycles. The van der Waals surface area contributed by atoms with Gasteiger partial charge in [0.1, 0.15) is 5.78 Å². The van der Waals surface area contributed by atoms with Crippen molar-refractivity contribution < 1.29 is 24.6 Å². The van der Waals surface area contributed by atoms with Crippen LogP contribution in [0.2, 0.25) is 0 Å². The van der Waals surface area contributed by atoms with Crippen LogP contribution < -0.4 is 0 Å². The van der Waals surface area contributed by atoms with E-state index in [1.165, 1.54) is 0 Å². The lowest BCUT2D eigenvalue weighted by atomic mass is 10.1. The summed E-state index contributed by atoms with van der Waals surface area (Å²) in [6, 6.07) is 0. The highest BCUT2D eigenvalue weighted by atomic mass is 16.4. The summed E-state index contributed by atoms with van der Waals surface area (Å²) < 4.78 is 0. The fourth-order valence-corrected chi connectivity index (χ4v) is 2.44. The monoisotopic (exact) mass is 329 g/mol. The fourth-order valence-electron chi connectivity index (χ4n) is 2.44. The molecule has 0 aromatic rings. The fraction of sp³-hybridized carbons (Fsp3) is 0.800. The summed E-state index contributed by atoms with van der Waals surface area (Å²) in [5.74, 6) is -1.72. The number of carboxylic acids is 2. The Hall–Kier alpha value is -1.51. The largest absolute Gasteiger partial charge is 0.480 e. The first-order valence-electron chi connectivity index (χ1n) is 7.91. The van der Waals surface area contributed by atoms with Crippen molar-refractivity contribution in [3.63, 3.8) is 0 Å². The molecule has 8 nitrogen and oxygen atoms in total. The molecule has 0 aromatic carbocycles. The average molecular weight is 329 g/mol. The molecular weight excluding hydrogens is 302 g/mol. The number of carbonyl (C=O) groups is 3. The first-order valence-corrected chi connectivity index (χ1v) is 7.91. The molecular formula is C15H27N3O5. The van der Waals surface area contributed by atoms with E-state index in [-0.39, 0.29) is 24.8 Å². The predicted molar refractivity (Wildman–Crippen MR) is 84.4 cm³/mol. The first-order chi connectivity index (χ1) is 10.8. The van der Waals surface area contributed by atoms with Crippen LogP contribution >= 0.6 is 0 Å². The van der Waals surface area contributed by atoms with E-state index in [0.717, 1.165) is 0 Å². The molecule has 0 atom stereocenters. The summed E-state index contributed by atoms with van der Waals surface area (Å²) >= 11 is 0. The Bertz CT molecular complexity index is 399. The maximum absolute atomic E-state index is 12.0. The summed E-state index contributed by atoms with van der Waals surface area (Å²) in [5, 5.41) is 18.0. The second-order valence-electron chi connectivity index (χ2n) is 6.24. The third kappa shape index (κ3) is 8.06. The van der Waals surface area contributed by atoms with Crippen molar-refractivity contribution in [1.29, 1.82) is 0 Å². The van der Waals surface area contributed by atoms with Crippen LogP contribution in [0.4, 0.5) is 0 Å². The van der Waals surface area contributed by atoms with Crippen LogP contribution in [0.25, 0.3) is 0 Å². The third-order valence-electron chi connectivity index (χ3n) is 3.94. The predicted octanol–water partition coefficient (Wildman–Crippen LogP) is -0.700. The van der Waals surface area contributed by atoms with Crippen LogP contribution in [0.1, 0.15) is 13.8 Å². The molecule has 0 aliphatic carbocycles. The number of rotatable bonds is 7. The standard InChI is InChI=1S/C15H27N3O5/c1-12(2)13(19)9-16-3-5-17(10-14(20)21)7-8-18(6-4-16)11-15(22)23/h12H,3-11H2,1-2H3,(H,20,21)(H,22,23). The second kappa shape index (κ2) is 9.59. The number of ketones is 1. The van der Waals surface area contributed by atoms with E-state index in [1.807, 2.05) is 18.7 Å². The van der Waals surface area contributed by atoms with E-state index in [0.29, 0.717) is 45.8 Å². The lowest BCUT2D eigenvalue weighted by Crippen LogP contribution is -2.41. The van der Waals surface area contributed by atoms with Gasteiger partial charge < -0.3 is 10.2 Å². The van der Waals surface area contributed by atoms with Gasteiger partial charge in [-0.2, -0.15) is 0 Å². The molecule has 0 saturated carbocycles. The smallest absolute Gasteiger partial charge is 0.317 e. The molecule has 8 heteroatoms. The minimum absolute atomic E-state index is 0.0483. The highest BCUT2D eigenvalue weighted by Gasteiger charge is 2.21. The average Bonchev–Trinajstić information content (AvgIpc) is 2.51. The summed E-state index contributed by atoms with van der Waals surface area (Å²) in [6.07, 6.45) is 0. The molecule has 0 spiro atoms. The summed E-state index contributed by atoms with van der Waals surface area (Å²) in [5.41, 5.74) is 0. The van der Waals surface area contributed by atoms with Crippen molar-refractivity contribution in [2.45, 2.75) is 13.8 Å². The molecule has 1 rings (SSSR count). The zero-order chi connectivity index (χ0) is 17.4. The third-order valence-corrected chi connectivity index (χ3v) is 3.94. The summed E-state index contributed by atoms with van der Waals surface area (Å²) in [7, 11) is 0. The number of carboxylic acid groups (broad SMARTS) is 2. The Balaban J connectivity index is 2.72. The van der Waals surface area contributed by atoms with Crippen LogP contribution in [0.15, 0.2) is 0 Å². The number of hydrogen-bond donors (Lipinski definition) is 2. The molecule has 0 radical (unpaired) electrons. The van der Waals surface area contributed by atoms with Crippen LogP contribution in [-0.2, 0) is 14.4 Å². The maximum atomic E-state index is 12.0. The van der Waals surface area contributed by atoms with Gasteiger partial charge in [0.15, 0.2) is 0 Å². The van der Waals surface area contributed by atoms with E-state index in [1.54, 1.807) is 9.80 Å². The van der Waals surface area contributed by atoms with E-state index < -0.39 is 11.9 Å². The van der Waals surface area contributed by atoms with Crippen LogP contribution in [0.5, 0.6) is 0 Å². The second-order valence-corrected chi connectivity index (χ2v) is 6.24. The Kier molecular flexibility index (Phi) is 8.15. The zero-order valence-electron chi connectivity index (χ0n) is 13.9. The minimum Gasteiger partial charge on any atom is -0.480 e. The van der Waals surface area contributed by atoms with Crippen molar-refractivity contribution in [2.75, 3.05) is 58.9 Å². The van der Waals surface area contributed by atoms with Crippen LogP contribution in [0, 0.1) is 5.92 Å². The molecule has 0 unspecified atom stereocenters. The van der Waals surface area contributed by atoms with Crippen LogP contribution in [-0.4, -0.2) is 102 Å². The van der Waals surface area contributed by atoms with E-state index in [4.69, 9.17) is 10.2 Å². The lowest BCUT2D eigenvalue weighted by molar-refractivity contribution is -0.140. The zero-order valence-corrected chi connectivity index (χ0v) is 13.9. The van der Waals surface area contributed by atoms with Gasteiger partial charge in [-0.15, -0.1) is 0 Å². The minimum atomic E-state index is -0.904. The summed E-state index contributed by atoms with van der Waals surface area (Å²) in [6.45, 7) is 7.20. The maximum Gasteiger partial charge on any atom is 0.317 e. The van der Waals surface area contributed by atoms with Gasteiger partial charge in [-0.3, -0.25) is 29.1 Å². The van der Waals surface area contributed by atoms with Crippen LogP contribution in [0.3, 0.4) is 0 Å². The number of Topliss-reactive ketones (excluding diaryl/α,β-unsaturated/α-hetero) is 1. The normalized spacial score (nSPS) is 19.1. The van der Waals surface area contributed by atoms with Crippen molar-refractivity contribution >= 4 is 17.7 Å². The Morgan fingerprint density at radius 2 is 1.04 bits per heavy atom. The molecule has 1 aliphatic heterocycles. The molecule has 1 heterocycles. The van der Waals surface area contributed by atoms with E-state index in [2.05, 4.69) is 0 Å². The highest BCUT2D eigenvalue weighted by molar-refractivity contribution is 5.82. The number of carbonyl (C=O) groups excluding carboxylic acids is 1. The van der Waals surface area contributed by atoms with Crippen molar-refractivity contribution in [1.82, 2.24) is 14.7 Å². The molecule has 0 aromatic heterocycles. The quantitative estimate of drug-likeness (QED) is 0.632. The van der Waals surface area contributed by atoms with Crippen molar-refractivity contribution in [2.24, 2.45) is 5.92 Å². The molecule has 1 fully saturated rings. The molecule has 132 valence electrons. The van der Waals surface area contributed by atoms with Gasteiger partial charge >= 0.3 is 11.9 Å². The van der Waals surface area contributed by atoms with Gasteiger partial charge in [0.2, 0.25) is 0 Å². The van der Waals surface area contributed by atoms with E-state index in [9.17, 15) is 14.4 Å². The number of hydrogen-bond acceptors (Lipinski definition) is 6. The molecule has 23 heavy (non-hydrogen) atoms. The molecule has 0 bridgehead atoms. The van der Waals surface area contributed by atoms with Gasteiger partial charge in [-0.25, -0.2) is 0 Å². The SMILES string of the molecule is CC(C)C(=O)CN1CCN(CC(=O)O)CCN(CC(=O)O)CC1. The molecule has 2 N–H and O–H groups in total. The number of aliphatic carboxylic acids is 2. The van der Waals surface area contributed by atoms with Gasteiger partial charge in [0.25, 0.3) is 0 Å². The van der Waals surface area contributed by atoms with Gasteiger partial charge in [0, 0.05) is 45.2 Å². The Labute approximate surface area is 136 Å². The lowest BCUT2D eigenvalue weighted by Gasteiger charge is -2.25. The van der Waals surface area contributed by atoms with Gasteiger partial charge in [0.05, 0.1) is 19.6 Å².